The van der Waals surface area contributed by atoms with Gasteiger partial charge in [-0.25, -0.2) is 4.98 Å². The molecule has 0 saturated heterocycles. The average Bonchev–Trinajstić information content (AvgIpc) is 3.97. The van der Waals surface area contributed by atoms with E-state index in [1.807, 2.05) is 0 Å². The Morgan fingerprint density at radius 2 is 0.818 bits per heavy atom. The molecule has 0 spiro atoms. The van der Waals surface area contributed by atoms with E-state index < -0.39 is 0 Å². The van der Waals surface area contributed by atoms with E-state index in [-0.39, 0.29) is 33.8 Å². The van der Waals surface area contributed by atoms with Crippen molar-refractivity contribution < 1.29 is 0 Å². The first kappa shape index (κ1) is 51.5. The fraction of sp³-hybridized carbons (Fsp3) is 0.282. The Labute approximate surface area is 460 Å². The SMILES string of the molecule is CC(C)(C)c1ccc(-c2nc3c(n2-c2ccccc2)N(c2cc(C(C)(C)C)cc(C(C)(C)C)c2)c2cc(C(C)(C)C)cc4c2B3c2ccc(N(c3ccccc3)c3ccccc3)cc2N4c2ccc(C(C)(C)C)cc2)cc1. The minimum absolute atomic E-state index is 0.00470. The maximum Gasteiger partial charge on any atom is 0.277 e. The maximum absolute atomic E-state index is 6.09. The molecular formula is C71H76BN5. The molecule has 3 heterocycles. The molecular weight excluding hydrogens is 934 g/mol. The summed E-state index contributed by atoms with van der Waals surface area (Å²) in [6, 6.07) is 70.6. The quantitative estimate of drug-likeness (QED) is 0.149. The normalized spacial score (nSPS) is 13.6. The molecule has 0 radical (unpaired) electrons. The minimum atomic E-state index is -0.234. The Morgan fingerprint density at radius 3 is 1.31 bits per heavy atom. The molecule has 0 N–H and O–H groups in total. The van der Waals surface area contributed by atoms with E-state index in [9.17, 15) is 0 Å². The van der Waals surface area contributed by atoms with E-state index in [0.717, 1.165) is 62.6 Å². The van der Waals surface area contributed by atoms with Crippen LogP contribution in [0.4, 0.5) is 51.3 Å². The molecule has 6 heteroatoms. The molecule has 388 valence electrons. The molecule has 8 aromatic carbocycles. The predicted molar refractivity (Wildman–Crippen MR) is 331 cm³/mol. The summed E-state index contributed by atoms with van der Waals surface area (Å²) in [5, 5.41) is 0. The summed E-state index contributed by atoms with van der Waals surface area (Å²) in [4.78, 5) is 13.6. The van der Waals surface area contributed by atoms with Gasteiger partial charge in [0.1, 0.15) is 11.6 Å². The summed E-state index contributed by atoms with van der Waals surface area (Å²) < 4.78 is 2.46. The first-order chi connectivity index (χ1) is 36.4. The van der Waals surface area contributed by atoms with Gasteiger partial charge in [-0.1, -0.05) is 207 Å². The Bertz CT molecular complexity index is 3560. The van der Waals surface area contributed by atoms with Crippen LogP contribution in [0.2, 0.25) is 0 Å². The van der Waals surface area contributed by atoms with Crippen LogP contribution >= 0.6 is 0 Å². The highest BCUT2D eigenvalue weighted by Crippen LogP contribution is 2.50. The molecule has 0 aliphatic carbocycles. The van der Waals surface area contributed by atoms with Gasteiger partial charge in [0.15, 0.2) is 0 Å². The zero-order valence-electron chi connectivity index (χ0n) is 48.2. The fourth-order valence-corrected chi connectivity index (χ4v) is 11.3. The molecule has 2 aliphatic heterocycles. The van der Waals surface area contributed by atoms with Gasteiger partial charge in [-0.05, 0) is 151 Å². The van der Waals surface area contributed by atoms with Crippen LogP contribution in [0.25, 0.3) is 17.1 Å². The number of benzene rings is 8. The second-order valence-electron chi connectivity index (χ2n) is 26.7. The van der Waals surface area contributed by atoms with E-state index in [0.29, 0.717) is 0 Å². The van der Waals surface area contributed by atoms with Gasteiger partial charge in [0.2, 0.25) is 0 Å². The molecule has 0 bridgehead atoms. The summed E-state index contributed by atoms with van der Waals surface area (Å²) in [7, 11) is 0. The van der Waals surface area contributed by atoms with E-state index in [4.69, 9.17) is 4.98 Å². The van der Waals surface area contributed by atoms with Crippen molar-refractivity contribution in [3.8, 4) is 17.1 Å². The van der Waals surface area contributed by atoms with Crippen molar-refractivity contribution >= 4 is 74.5 Å². The lowest BCUT2D eigenvalue weighted by molar-refractivity contribution is 0.568. The van der Waals surface area contributed by atoms with Crippen LogP contribution in [-0.2, 0) is 27.1 Å². The number of hydrogen-bond acceptors (Lipinski definition) is 4. The van der Waals surface area contributed by atoms with Crippen LogP contribution in [0.5, 0.6) is 0 Å². The third-order valence-corrected chi connectivity index (χ3v) is 15.9. The lowest BCUT2D eigenvalue weighted by atomic mass is 9.35. The van der Waals surface area contributed by atoms with Gasteiger partial charge in [-0.3, -0.25) is 9.47 Å². The molecule has 1 aromatic heterocycles. The second-order valence-corrected chi connectivity index (χ2v) is 26.7. The van der Waals surface area contributed by atoms with Crippen LogP contribution in [0.3, 0.4) is 0 Å². The molecule has 5 nitrogen and oxygen atoms in total. The van der Waals surface area contributed by atoms with Gasteiger partial charge in [0.25, 0.3) is 6.71 Å². The largest absolute Gasteiger partial charge is 0.311 e. The van der Waals surface area contributed by atoms with Crippen molar-refractivity contribution in [3.63, 3.8) is 0 Å². The van der Waals surface area contributed by atoms with Crippen LogP contribution in [-0.4, -0.2) is 16.3 Å². The van der Waals surface area contributed by atoms with Crippen molar-refractivity contribution in [2.75, 3.05) is 14.7 Å². The highest BCUT2D eigenvalue weighted by atomic mass is 15.3. The molecule has 0 amide bonds. The van der Waals surface area contributed by atoms with Gasteiger partial charge in [0, 0.05) is 56.7 Å². The number of aromatic nitrogens is 2. The smallest absolute Gasteiger partial charge is 0.277 e. The second kappa shape index (κ2) is 18.6. The fourth-order valence-electron chi connectivity index (χ4n) is 11.3. The Balaban J connectivity index is 1.30. The molecule has 2 aliphatic rings. The van der Waals surface area contributed by atoms with Gasteiger partial charge >= 0.3 is 0 Å². The third-order valence-electron chi connectivity index (χ3n) is 15.9. The highest BCUT2D eigenvalue weighted by Gasteiger charge is 2.48. The van der Waals surface area contributed by atoms with E-state index >= 15 is 0 Å². The van der Waals surface area contributed by atoms with Crippen molar-refractivity contribution in [3.05, 3.63) is 216 Å². The summed E-state index contributed by atoms with van der Waals surface area (Å²) in [6.07, 6.45) is 0. The third kappa shape index (κ3) is 9.38. The first-order valence-electron chi connectivity index (χ1n) is 27.7. The standard InChI is InChI=1S/C71H76BN5/c1-67(2,3)48-33-31-47(32-34-48)65-73-64-66(77(65)55-29-23-18-24-30-55)76(58-42-50(69(7,8)9)41-51(43-58)70(10,11)12)62-45-52(71(13,14)15)44-61-63(62)72(64)59-40-39-57(74(53-25-19-16-20-26-53)54-27-21-17-22-28-54)46-60(59)75(61)56-37-35-49(36-38-56)68(4,5)6/h16-46H,1-15H3. The molecule has 0 fully saturated rings. The number of imidazole rings is 1. The van der Waals surface area contributed by atoms with E-state index in [1.54, 1.807) is 0 Å². The summed E-state index contributed by atoms with van der Waals surface area (Å²) >= 11 is 0. The number of fused-ring (bicyclic) bond motifs is 4. The molecule has 0 unspecified atom stereocenters. The van der Waals surface area contributed by atoms with Gasteiger partial charge in [0.05, 0.1) is 5.59 Å². The lowest BCUT2D eigenvalue weighted by Crippen LogP contribution is -2.62. The summed E-state index contributed by atoms with van der Waals surface area (Å²) in [5.41, 5.74) is 20.6. The van der Waals surface area contributed by atoms with E-state index in [2.05, 4.69) is 311 Å². The zero-order valence-corrected chi connectivity index (χ0v) is 48.2. The molecule has 0 saturated carbocycles. The molecule has 9 aromatic rings. The maximum atomic E-state index is 6.09. The van der Waals surface area contributed by atoms with Crippen molar-refractivity contribution in [2.24, 2.45) is 0 Å². The number of rotatable bonds is 7. The Morgan fingerprint density at radius 1 is 0.364 bits per heavy atom. The van der Waals surface area contributed by atoms with Crippen LogP contribution in [0.15, 0.2) is 188 Å². The van der Waals surface area contributed by atoms with Gasteiger partial charge in [-0.15, -0.1) is 0 Å². The minimum Gasteiger partial charge on any atom is -0.311 e. The number of nitrogens with zero attached hydrogens (tertiary/aromatic N) is 5. The van der Waals surface area contributed by atoms with Crippen molar-refractivity contribution in [1.82, 2.24) is 9.55 Å². The summed E-state index contributed by atoms with van der Waals surface area (Å²) in [6.45, 7) is 34.7. The van der Waals surface area contributed by atoms with Gasteiger partial charge in [-0.2, -0.15) is 0 Å². The van der Waals surface area contributed by atoms with Crippen LogP contribution in [0.1, 0.15) is 132 Å². The lowest BCUT2D eigenvalue weighted by Gasteiger charge is -2.44. The summed E-state index contributed by atoms with van der Waals surface area (Å²) in [5.74, 6) is 1.97. The Hall–Kier alpha value is -7.57. The number of anilines is 9. The number of para-hydroxylation sites is 3. The first-order valence-corrected chi connectivity index (χ1v) is 27.7. The van der Waals surface area contributed by atoms with Crippen LogP contribution in [0, 0.1) is 0 Å². The molecule has 0 atom stereocenters. The molecule has 11 rings (SSSR count). The average molecular weight is 1010 g/mol. The van der Waals surface area contributed by atoms with Crippen molar-refractivity contribution in [2.45, 2.75) is 131 Å². The highest BCUT2D eigenvalue weighted by molar-refractivity contribution is 7.00. The predicted octanol–water partition coefficient (Wildman–Crippen LogP) is 17.6. The zero-order chi connectivity index (χ0) is 54.6. The monoisotopic (exact) mass is 1010 g/mol. The number of hydrogen-bond donors (Lipinski definition) is 0. The van der Waals surface area contributed by atoms with Gasteiger partial charge < -0.3 is 9.80 Å². The van der Waals surface area contributed by atoms with Crippen molar-refractivity contribution in [1.29, 1.82) is 0 Å². The van der Waals surface area contributed by atoms with Crippen LogP contribution < -0.4 is 31.2 Å². The molecule has 77 heavy (non-hydrogen) atoms. The van der Waals surface area contributed by atoms with E-state index in [1.165, 1.54) is 50.1 Å². The topological polar surface area (TPSA) is 27.5 Å². The Kier molecular flexibility index (Phi) is 12.4.